The van der Waals surface area contributed by atoms with Crippen LogP contribution in [-0.2, 0) is 0 Å². The number of aromatic nitrogens is 8. The van der Waals surface area contributed by atoms with E-state index >= 15 is 0 Å². The fourth-order valence-corrected chi connectivity index (χ4v) is 4.18. The van der Waals surface area contributed by atoms with Crippen LogP contribution in [0, 0.1) is 0 Å². The van der Waals surface area contributed by atoms with Gasteiger partial charge < -0.3 is 4.42 Å². The molecule has 9 nitrogen and oxygen atoms in total. The molecule has 9 heteroatoms. The fraction of sp³-hybridized carbons (Fsp3) is 0.0833. The first-order valence-electron chi connectivity index (χ1n) is 10.6. The zero-order chi connectivity index (χ0) is 21.8. The molecule has 33 heavy (non-hydrogen) atoms. The molecule has 5 heterocycles. The molecule has 0 N–H and O–H groups in total. The third kappa shape index (κ3) is 2.79. The Morgan fingerprint density at radius 1 is 0.788 bits per heavy atom. The van der Waals surface area contributed by atoms with Crippen LogP contribution < -0.4 is 0 Å². The molecule has 0 fully saturated rings. The van der Waals surface area contributed by atoms with Crippen LogP contribution in [0.25, 0.3) is 45.2 Å². The lowest BCUT2D eigenvalue weighted by Gasteiger charge is -2.07. The highest BCUT2D eigenvalue weighted by molar-refractivity contribution is 5.85. The molecule has 1 unspecified atom stereocenters. The molecule has 0 radical (unpaired) electrons. The summed E-state index contributed by atoms with van der Waals surface area (Å²) in [6.45, 7) is 0. The highest BCUT2D eigenvalue weighted by atomic mass is 16.4. The van der Waals surface area contributed by atoms with E-state index in [0.29, 0.717) is 17.5 Å². The van der Waals surface area contributed by atoms with Crippen molar-refractivity contribution < 1.29 is 4.42 Å². The van der Waals surface area contributed by atoms with Crippen molar-refractivity contribution in [1.82, 2.24) is 39.6 Å². The summed E-state index contributed by atoms with van der Waals surface area (Å²) in [5.41, 5.74) is 4.70. The van der Waals surface area contributed by atoms with Crippen LogP contribution in [0.4, 0.5) is 0 Å². The number of hydrogen-bond acceptors (Lipinski definition) is 7. The summed E-state index contributed by atoms with van der Waals surface area (Å²) in [4.78, 5) is 4.74. The summed E-state index contributed by atoms with van der Waals surface area (Å²) in [5.74, 6) is 1.75. The van der Waals surface area contributed by atoms with E-state index in [0.717, 1.165) is 40.0 Å². The highest BCUT2D eigenvalue weighted by Crippen LogP contribution is 2.28. The molecule has 0 spiro atoms. The van der Waals surface area contributed by atoms with Crippen molar-refractivity contribution in [3.05, 3.63) is 84.7 Å². The average molecular weight is 432 g/mol. The monoisotopic (exact) mass is 432 g/mol. The number of pyridine rings is 2. The maximum absolute atomic E-state index is 5.90. The Kier molecular flexibility index (Phi) is 3.77. The van der Waals surface area contributed by atoms with Crippen molar-refractivity contribution in [2.45, 2.75) is 12.3 Å². The van der Waals surface area contributed by atoms with Crippen LogP contribution in [0.5, 0.6) is 0 Å². The molecule has 1 aliphatic rings. The van der Waals surface area contributed by atoms with Crippen LogP contribution in [-0.4, -0.2) is 39.6 Å². The zero-order valence-electron chi connectivity index (χ0n) is 17.3. The van der Waals surface area contributed by atoms with Gasteiger partial charge in [-0.25, -0.2) is 14.0 Å². The number of hydrogen-bond donors (Lipinski definition) is 0. The number of benzene rings is 1. The maximum Gasteiger partial charge on any atom is 0.270 e. The Hall–Kier alpha value is -4.66. The van der Waals surface area contributed by atoms with Crippen molar-refractivity contribution in [2.75, 3.05) is 0 Å². The van der Waals surface area contributed by atoms with Gasteiger partial charge in [-0.3, -0.25) is 0 Å². The van der Waals surface area contributed by atoms with Crippen LogP contribution in [0.1, 0.15) is 18.2 Å². The fourth-order valence-electron chi connectivity index (χ4n) is 4.18. The average Bonchev–Trinajstić information content (AvgIpc) is 3.62. The number of nitrogens with zero attached hydrogens (tertiary/aromatic N) is 8. The second-order valence-electron chi connectivity index (χ2n) is 7.85. The van der Waals surface area contributed by atoms with Gasteiger partial charge in [0.1, 0.15) is 5.52 Å². The van der Waals surface area contributed by atoms with E-state index in [9.17, 15) is 0 Å². The van der Waals surface area contributed by atoms with Crippen molar-refractivity contribution in [2.24, 2.45) is 0 Å². The molecule has 0 bridgehead atoms. The number of fused-ring (bicyclic) bond motifs is 5. The van der Waals surface area contributed by atoms with E-state index in [-0.39, 0.29) is 5.92 Å². The van der Waals surface area contributed by atoms with Gasteiger partial charge in [0.15, 0.2) is 17.2 Å². The van der Waals surface area contributed by atoms with E-state index in [1.165, 1.54) is 0 Å². The summed E-state index contributed by atoms with van der Waals surface area (Å²) in [6, 6.07) is 17.5. The SMILES string of the molecule is C1=CCC(c2nc3ccc4c(ccc5c(-c6nnc(-c7ccccc7)o6)nnn54)n3n2)C=C1. The summed E-state index contributed by atoms with van der Waals surface area (Å²) >= 11 is 0. The molecule has 0 aliphatic heterocycles. The Balaban J connectivity index is 1.34. The van der Waals surface area contributed by atoms with Crippen molar-refractivity contribution >= 4 is 22.2 Å². The Bertz CT molecular complexity index is 1710. The highest BCUT2D eigenvalue weighted by Gasteiger charge is 2.20. The Morgan fingerprint density at radius 2 is 1.61 bits per heavy atom. The van der Waals surface area contributed by atoms with Crippen LogP contribution in [0.2, 0.25) is 0 Å². The maximum atomic E-state index is 5.90. The lowest BCUT2D eigenvalue weighted by Crippen LogP contribution is -2.00. The smallest absolute Gasteiger partial charge is 0.270 e. The van der Waals surface area contributed by atoms with Crippen molar-refractivity contribution in [1.29, 1.82) is 0 Å². The minimum absolute atomic E-state index is 0.183. The molecule has 158 valence electrons. The normalized spacial score (nSPS) is 15.8. The predicted molar refractivity (Wildman–Crippen MR) is 121 cm³/mol. The summed E-state index contributed by atoms with van der Waals surface area (Å²) in [7, 11) is 0. The van der Waals surface area contributed by atoms with E-state index < -0.39 is 0 Å². The second kappa shape index (κ2) is 6.92. The van der Waals surface area contributed by atoms with Gasteiger partial charge in [0.2, 0.25) is 5.89 Å². The second-order valence-corrected chi connectivity index (χ2v) is 7.85. The molecule has 5 aromatic heterocycles. The largest absolute Gasteiger partial charge is 0.414 e. The molecule has 6 aromatic rings. The van der Waals surface area contributed by atoms with Gasteiger partial charge in [-0.2, -0.15) is 5.10 Å². The molecular weight excluding hydrogens is 416 g/mol. The molecule has 7 rings (SSSR count). The van der Waals surface area contributed by atoms with E-state index in [2.05, 4.69) is 32.7 Å². The Morgan fingerprint density at radius 3 is 2.48 bits per heavy atom. The molecule has 1 aliphatic carbocycles. The number of allylic oxidation sites excluding steroid dienone is 4. The van der Waals surface area contributed by atoms with Gasteiger partial charge in [-0.15, -0.1) is 15.3 Å². The minimum Gasteiger partial charge on any atom is -0.414 e. The Labute approximate surface area is 186 Å². The summed E-state index contributed by atoms with van der Waals surface area (Å²) in [6.07, 6.45) is 9.26. The molecular formula is C24H16N8O. The van der Waals surface area contributed by atoms with Gasteiger partial charge in [0.25, 0.3) is 5.89 Å². The van der Waals surface area contributed by atoms with Gasteiger partial charge in [-0.05, 0) is 42.8 Å². The molecule has 0 saturated heterocycles. The summed E-state index contributed by atoms with van der Waals surface area (Å²) < 4.78 is 9.52. The first kappa shape index (κ1) is 18.0. The quantitative estimate of drug-likeness (QED) is 0.412. The lowest BCUT2D eigenvalue weighted by atomic mass is 10.0. The molecule has 1 atom stereocenters. The third-order valence-corrected chi connectivity index (χ3v) is 5.82. The van der Waals surface area contributed by atoms with Gasteiger partial charge >= 0.3 is 0 Å². The third-order valence-electron chi connectivity index (χ3n) is 5.82. The standard InChI is InChI=1S/C24H16N8O/c1-3-7-15(8-4-1)22-25-20-14-13-17-18(32(20)29-22)11-12-19-21(26-30-31(17)19)24-28-27-23(33-24)16-9-5-2-6-10-16/h1-7,9-15H,8H2. The van der Waals surface area contributed by atoms with Gasteiger partial charge in [0, 0.05) is 11.5 Å². The van der Waals surface area contributed by atoms with Crippen molar-refractivity contribution in [3.63, 3.8) is 0 Å². The molecule has 0 saturated carbocycles. The van der Waals surface area contributed by atoms with Crippen molar-refractivity contribution in [3.8, 4) is 23.0 Å². The van der Waals surface area contributed by atoms with E-state index in [4.69, 9.17) is 14.5 Å². The van der Waals surface area contributed by atoms with Gasteiger partial charge in [-0.1, -0.05) is 47.7 Å². The predicted octanol–water partition coefficient (Wildman–Crippen LogP) is 4.24. The first-order valence-corrected chi connectivity index (χ1v) is 10.6. The number of rotatable bonds is 3. The minimum atomic E-state index is 0.183. The van der Waals surface area contributed by atoms with E-state index in [1.54, 1.807) is 4.52 Å². The topological polar surface area (TPSA) is 99.3 Å². The van der Waals surface area contributed by atoms with Crippen LogP contribution in [0.3, 0.4) is 0 Å². The van der Waals surface area contributed by atoms with Crippen LogP contribution >= 0.6 is 0 Å². The molecule has 0 amide bonds. The van der Waals surface area contributed by atoms with Crippen LogP contribution in [0.15, 0.2) is 83.3 Å². The van der Waals surface area contributed by atoms with E-state index in [1.807, 2.05) is 71.3 Å². The zero-order valence-corrected chi connectivity index (χ0v) is 17.3. The van der Waals surface area contributed by atoms with Gasteiger partial charge in [0.05, 0.1) is 11.0 Å². The first-order chi connectivity index (χ1) is 16.3. The summed E-state index contributed by atoms with van der Waals surface area (Å²) in [5, 5.41) is 21.9. The lowest BCUT2D eigenvalue weighted by molar-refractivity contribution is 0.582. The molecule has 1 aromatic carbocycles.